The highest BCUT2D eigenvalue weighted by Gasteiger charge is 2.07. The van der Waals surface area contributed by atoms with Crippen molar-refractivity contribution in [2.45, 2.75) is 0 Å². The summed E-state index contributed by atoms with van der Waals surface area (Å²) < 4.78 is 24.9. The van der Waals surface area contributed by atoms with E-state index in [0.717, 1.165) is 17.4 Å². The number of hydroxylamine groups is 1. The number of nitrogens with one attached hydrogen (secondary N) is 2. The third kappa shape index (κ3) is 4.04. The number of carbonyl (C=O) groups excluding carboxylic acids is 1. The predicted octanol–water partition coefficient (Wildman–Crippen LogP) is 1.84. The Hall–Kier alpha value is -2.38. The molecule has 0 unspecified atom stereocenters. The molecular formula is C14H14N2O4S. The van der Waals surface area contributed by atoms with Gasteiger partial charge in [-0.05, 0) is 35.4 Å². The van der Waals surface area contributed by atoms with Crippen LogP contribution in [0.15, 0.2) is 48.5 Å². The maximum Gasteiger partial charge on any atom is 0.274 e. The van der Waals surface area contributed by atoms with Gasteiger partial charge in [0.05, 0.1) is 6.26 Å². The zero-order valence-electron chi connectivity index (χ0n) is 11.2. The lowest BCUT2D eigenvalue weighted by atomic mass is 10.0. The second-order valence-electron chi connectivity index (χ2n) is 4.48. The molecule has 110 valence electrons. The van der Waals surface area contributed by atoms with Gasteiger partial charge in [0.25, 0.3) is 5.91 Å². The molecule has 3 N–H and O–H groups in total. The molecule has 0 aliphatic carbocycles. The Labute approximate surface area is 122 Å². The Morgan fingerprint density at radius 2 is 1.67 bits per heavy atom. The number of hydrogen-bond donors (Lipinski definition) is 3. The fourth-order valence-electron chi connectivity index (χ4n) is 1.88. The van der Waals surface area contributed by atoms with E-state index >= 15 is 0 Å². The largest absolute Gasteiger partial charge is 0.288 e. The number of sulfonamides is 1. The van der Waals surface area contributed by atoms with Crippen LogP contribution in [-0.4, -0.2) is 25.8 Å². The topological polar surface area (TPSA) is 95.5 Å². The number of anilines is 1. The summed E-state index contributed by atoms with van der Waals surface area (Å²) in [5.74, 6) is -0.609. The van der Waals surface area contributed by atoms with Crippen LogP contribution in [0, 0.1) is 0 Å². The minimum Gasteiger partial charge on any atom is -0.288 e. The van der Waals surface area contributed by atoms with Gasteiger partial charge in [-0.15, -0.1) is 0 Å². The van der Waals surface area contributed by atoms with Crippen LogP contribution < -0.4 is 10.2 Å². The van der Waals surface area contributed by atoms with Gasteiger partial charge in [0.15, 0.2) is 0 Å². The molecule has 7 heteroatoms. The highest BCUT2D eigenvalue weighted by molar-refractivity contribution is 7.92. The van der Waals surface area contributed by atoms with E-state index in [0.29, 0.717) is 11.3 Å². The molecule has 2 aromatic carbocycles. The lowest BCUT2D eigenvalue weighted by Crippen LogP contribution is -2.18. The van der Waals surface area contributed by atoms with E-state index in [-0.39, 0.29) is 0 Å². The number of benzene rings is 2. The molecule has 1 amide bonds. The average molecular weight is 306 g/mol. The third-order valence-electron chi connectivity index (χ3n) is 2.73. The second kappa shape index (κ2) is 5.94. The molecule has 0 fully saturated rings. The summed E-state index contributed by atoms with van der Waals surface area (Å²) in [4.78, 5) is 11.4. The van der Waals surface area contributed by atoms with E-state index in [2.05, 4.69) is 4.72 Å². The molecule has 2 rings (SSSR count). The highest BCUT2D eigenvalue weighted by atomic mass is 32.2. The maximum absolute atomic E-state index is 11.4. The van der Waals surface area contributed by atoms with E-state index in [1.807, 2.05) is 0 Å². The Bertz CT molecular complexity index is 772. The van der Waals surface area contributed by atoms with Gasteiger partial charge >= 0.3 is 0 Å². The van der Waals surface area contributed by atoms with Gasteiger partial charge in [-0.3, -0.25) is 14.7 Å². The Balaban J connectivity index is 2.38. The number of amides is 1. The van der Waals surface area contributed by atoms with Crippen LogP contribution in [0.5, 0.6) is 0 Å². The molecule has 0 atom stereocenters. The fraction of sp³-hybridized carbons (Fsp3) is 0.0714. The standard InChI is InChI=1S/C14H14N2O4S/c1-21(19,20)16-13-7-3-5-11(9-13)10-4-2-6-12(8-10)14(17)15-18/h2-9,16,18H,1H3,(H,15,17). The first kappa shape index (κ1) is 15.0. The van der Waals surface area contributed by atoms with Crippen molar-refractivity contribution in [3.05, 3.63) is 54.1 Å². The molecule has 0 radical (unpaired) electrons. The van der Waals surface area contributed by atoms with Crippen molar-refractivity contribution in [1.29, 1.82) is 0 Å². The van der Waals surface area contributed by atoms with Gasteiger partial charge in [0.1, 0.15) is 0 Å². The maximum atomic E-state index is 11.4. The summed E-state index contributed by atoms with van der Waals surface area (Å²) in [7, 11) is -3.35. The molecule has 0 saturated heterocycles. The Kier molecular flexibility index (Phi) is 4.25. The summed E-state index contributed by atoms with van der Waals surface area (Å²) in [5, 5.41) is 8.65. The Morgan fingerprint density at radius 3 is 2.29 bits per heavy atom. The van der Waals surface area contributed by atoms with Gasteiger partial charge in [-0.1, -0.05) is 24.3 Å². The fourth-order valence-corrected chi connectivity index (χ4v) is 2.44. The number of hydrogen-bond acceptors (Lipinski definition) is 4. The molecule has 0 saturated carbocycles. The van der Waals surface area contributed by atoms with E-state index in [1.165, 1.54) is 0 Å². The normalized spacial score (nSPS) is 11.0. The number of carbonyl (C=O) groups is 1. The molecule has 0 heterocycles. The minimum atomic E-state index is -3.35. The second-order valence-corrected chi connectivity index (χ2v) is 6.23. The van der Waals surface area contributed by atoms with Crippen LogP contribution in [-0.2, 0) is 10.0 Å². The van der Waals surface area contributed by atoms with Crippen molar-refractivity contribution >= 4 is 21.6 Å². The van der Waals surface area contributed by atoms with Gasteiger partial charge in [0.2, 0.25) is 10.0 Å². The molecule has 0 bridgehead atoms. The van der Waals surface area contributed by atoms with Gasteiger partial charge in [-0.2, -0.15) is 0 Å². The Morgan fingerprint density at radius 1 is 1.05 bits per heavy atom. The van der Waals surface area contributed by atoms with Crippen molar-refractivity contribution in [2.75, 3.05) is 11.0 Å². The zero-order valence-corrected chi connectivity index (χ0v) is 12.0. The first-order valence-electron chi connectivity index (χ1n) is 6.02. The van der Waals surface area contributed by atoms with Crippen molar-refractivity contribution in [1.82, 2.24) is 5.48 Å². The molecule has 0 aliphatic heterocycles. The highest BCUT2D eigenvalue weighted by Crippen LogP contribution is 2.24. The average Bonchev–Trinajstić information content (AvgIpc) is 2.45. The van der Waals surface area contributed by atoms with Gasteiger partial charge in [-0.25, -0.2) is 13.9 Å². The monoisotopic (exact) mass is 306 g/mol. The van der Waals surface area contributed by atoms with Gasteiger partial charge < -0.3 is 0 Å². The summed E-state index contributed by atoms with van der Waals surface area (Å²) >= 11 is 0. The first-order chi connectivity index (χ1) is 9.89. The number of rotatable bonds is 4. The van der Waals surface area contributed by atoms with Crippen LogP contribution in [0.2, 0.25) is 0 Å². The summed E-state index contributed by atoms with van der Waals surface area (Å²) in [6, 6.07) is 13.4. The molecular weight excluding hydrogens is 292 g/mol. The minimum absolute atomic E-state index is 0.302. The van der Waals surface area contributed by atoms with Crippen LogP contribution in [0.25, 0.3) is 11.1 Å². The van der Waals surface area contributed by atoms with E-state index in [9.17, 15) is 13.2 Å². The van der Waals surface area contributed by atoms with Gasteiger partial charge in [0, 0.05) is 11.3 Å². The molecule has 6 nitrogen and oxygen atoms in total. The summed E-state index contributed by atoms with van der Waals surface area (Å²) in [6.07, 6.45) is 1.08. The van der Waals surface area contributed by atoms with Crippen molar-refractivity contribution < 1.29 is 18.4 Å². The summed E-state index contributed by atoms with van der Waals surface area (Å²) in [6.45, 7) is 0. The zero-order chi connectivity index (χ0) is 15.5. The smallest absolute Gasteiger partial charge is 0.274 e. The van der Waals surface area contributed by atoms with Crippen LogP contribution in [0.1, 0.15) is 10.4 Å². The quantitative estimate of drug-likeness (QED) is 0.593. The lowest BCUT2D eigenvalue weighted by Gasteiger charge is -2.08. The third-order valence-corrected chi connectivity index (χ3v) is 3.33. The molecule has 21 heavy (non-hydrogen) atoms. The van der Waals surface area contributed by atoms with E-state index in [4.69, 9.17) is 5.21 Å². The van der Waals surface area contributed by atoms with E-state index < -0.39 is 15.9 Å². The van der Waals surface area contributed by atoms with E-state index in [1.54, 1.807) is 54.0 Å². The molecule has 0 aliphatic rings. The SMILES string of the molecule is CS(=O)(=O)Nc1cccc(-c2cccc(C(=O)NO)c2)c1. The van der Waals surface area contributed by atoms with Crippen molar-refractivity contribution in [2.24, 2.45) is 0 Å². The van der Waals surface area contributed by atoms with Crippen LogP contribution >= 0.6 is 0 Å². The molecule has 2 aromatic rings. The van der Waals surface area contributed by atoms with Crippen LogP contribution in [0.4, 0.5) is 5.69 Å². The lowest BCUT2D eigenvalue weighted by molar-refractivity contribution is 0.0706. The van der Waals surface area contributed by atoms with Crippen molar-refractivity contribution in [3.8, 4) is 11.1 Å². The summed E-state index contributed by atoms with van der Waals surface area (Å²) in [5.41, 5.74) is 3.79. The first-order valence-corrected chi connectivity index (χ1v) is 7.91. The predicted molar refractivity (Wildman–Crippen MR) is 79.6 cm³/mol. The molecule has 0 aromatic heterocycles. The van der Waals surface area contributed by atoms with Crippen LogP contribution in [0.3, 0.4) is 0 Å². The van der Waals surface area contributed by atoms with Crippen molar-refractivity contribution in [3.63, 3.8) is 0 Å². The molecule has 0 spiro atoms.